The van der Waals surface area contributed by atoms with Gasteiger partial charge >= 0.3 is 0 Å². The first-order chi connectivity index (χ1) is 10.4. The molecule has 1 saturated carbocycles. The summed E-state index contributed by atoms with van der Waals surface area (Å²) in [4.78, 5) is 16.0. The first-order valence-corrected chi connectivity index (χ1v) is 8.66. The van der Waals surface area contributed by atoms with Crippen molar-refractivity contribution in [3.63, 3.8) is 0 Å². The van der Waals surface area contributed by atoms with Gasteiger partial charge in [-0.05, 0) is 39.5 Å². The van der Waals surface area contributed by atoms with Crippen molar-refractivity contribution in [1.82, 2.24) is 16.0 Å². The monoisotopic (exact) mass is 310 g/mol. The minimum atomic E-state index is -0.200. The molecule has 128 valence electrons. The van der Waals surface area contributed by atoms with E-state index in [-0.39, 0.29) is 18.0 Å². The molecule has 0 spiro atoms. The van der Waals surface area contributed by atoms with Gasteiger partial charge in [0.1, 0.15) is 0 Å². The Balaban J connectivity index is 2.28. The molecule has 0 atom stereocenters. The van der Waals surface area contributed by atoms with Crippen LogP contribution in [0.2, 0.25) is 0 Å². The van der Waals surface area contributed by atoms with E-state index in [1.807, 2.05) is 20.8 Å². The summed E-state index contributed by atoms with van der Waals surface area (Å²) >= 11 is 0. The minimum Gasteiger partial charge on any atom is -0.356 e. The van der Waals surface area contributed by atoms with E-state index in [9.17, 15) is 4.79 Å². The zero-order valence-corrected chi connectivity index (χ0v) is 14.8. The van der Waals surface area contributed by atoms with Crippen LogP contribution in [0.4, 0.5) is 0 Å². The highest BCUT2D eigenvalue weighted by Gasteiger charge is 2.15. The van der Waals surface area contributed by atoms with Gasteiger partial charge in [0.05, 0.1) is 6.54 Å². The van der Waals surface area contributed by atoms with Gasteiger partial charge in [-0.3, -0.25) is 9.79 Å². The maximum absolute atomic E-state index is 11.8. The van der Waals surface area contributed by atoms with E-state index >= 15 is 0 Å². The number of carbonyl (C=O) groups excluding carboxylic acids is 1. The van der Waals surface area contributed by atoms with Gasteiger partial charge in [0.2, 0.25) is 5.91 Å². The Labute approximate surface area is 135 Å². The lowest BCUT2D eigenvalue weighted by Gasteiger charge is -2.22. The fraction of sp³-hybridized carbons (Fsp3) is 0.882. The lowest BCUT2D eigenvalue weighted by atomic mass is 9.91. The molecule has 1 rings (SSSR count). The number of nitrogens with zero attached hydrogens (tertiary/aromatic N) is 1. The van der Waals surface area contributed by atoms with E-state index < -0.39 is 0 Å². The lowest BCUT2D eigenvalue weighted by molar-refractivity contribution is -0.121. The first kappa shape index (κ1) is 18.8. The lowest BCUT2D eigenvalue weighted by Crippen LogP contribution is -2.48. The van der Waals surface area contributed by atoms with Crippen LogP contribution in [-0.2, 0) is 4.79 Å². The van der Waals surface area contributed by atoms with Gasteiger partial charge < -0.3 is 16.0 Å². The first-order valence-electron chi connectivity index (χ1n) is 8.66. The molecule has 0 unspecified atom stereocenters. The predicted molar refractivity (Wildman–Crippen MR) is 93.1 cm³/mol. The van der Waals surface area contributed by atoms with Crippen LogP contribution in [0.3, 0.4) is 0 Å². The normalized spacial score (nSPS) is 18.3. The second-order valence-electron chi connectivity index (χ2n) is 7.32. The van der Waals surface area contributed by atoms with Crippen molar-refractivity contribution in [2.75, 3.05) is 20.1 Å². The molecule has 0 aliphatic heterocycles. The van der Waals surface area contributed by atoms with Crippen molar-refractivity contribution in [2.45, 2.75) is 71.3 Å². The third kappa shape index (κ3) is 8.90. The number of nitrogens with one attached hydrogen (secondary N) is 3. The maximum atomic E-state index is 11.8. The molecule has 1 amide bonds. The van der Waals surface area contributed by atoms with Crippen molar-refractivity contribution in [3.05, 3.63) is 0 Å². The largest absolute Gasteiger partial charge is 0.356 e. The molecule has 1 aliphatic carbocycles. The Bertz CT molecular complexity index is 352. The highest BCUT2D eigenvalue weighted by molar-refractivity contribution is 5.86. The quantitative estimate of drug-likeness (QED) is 0.552. The molecule has 5 nitrogen and oxygen atoms in total. The topological polar surface area (TPSA) is 65.5 Å². The minimum absolute atomic E-state index is 0.0126. The second-order valence-corrected chi connectivity index (χ2v) is 7.32. The molecule has 1 fully saturated rings. The number of guanidine groups is 1. The van der Waals surface area contributed by atoms with E-state index in [0.717, 1.165) is 12.5 Å². The average Bonchev–Trinajstić information content (AvgIpc) is 2.38. The third-order valence-corrected chi connectivity index (χ3v) is 3.94. The molecule has 3 N–H and O–H groups in total. The molecule has 0 bridgehead atoms. The Morgan fingerprint density at radius 3 is 2.18 bits per heavy atom. The Hall–Kier alpha value is -1.26. The summed E-state index contributed by atoms with van der Waals surface area (Å²) in [5.74, 6) is 1.43. The van der Waals surface area contributed by atoms with E-state index in [1.165, 1.54) is 44.9 Å². The molecule has 5 heteroatoms. The number of hydrogen-bond donors (Lipinski definition) is 3. The maximum Gasteiger partial charge on any atom is 0.239 e. The molecular weight excluding hydrogens is 276 g/mol. The number of carbonyl (C=O) groups is 1. The van der Waals surface area contributed by atoms with Crippen LogP contribution in [0, 0.1) is 5.92 Å². The van der Waals surface area contributed by atoms with Crippen LogP contribution in [0.15, 0.2) is 4.99 Å². The van der Waals surface area contributed by atoms with Crippen LogP contribution in [0.5, 0.6) is 0 Å². The van der Waals surface area contributed by atoms with Crippen molar-refractivity contribution < 1.29 is 4.79 Å². The van der Waals surface area contributed by atoms with Gasteiger partial charge in [-0.2, -0.15) is 0 Å². The Morgan fingerprint density at radius 1 is 1.05 bits per heavy atom. The van der Waals surface area contributed by atoms with Crippen LogP contribution < -0.4 is 16.0 Å². The molecule has 0 aromatic rings. The van der Waals surface area contributed by atoms with Gasteiger partial charge in [0, 0.05) is 19.1 Å². The number of aliphatic imine (C=N–C) groups is 1. The predicted octanol–water partition coefficient (Wildman–Crippen LogP) is 2.43. The highest BCUT2D eigenvalue weighted by atomic mass is 16.2. The number of hydrogen-bond acceptors (Lipinski definition) is 2. The second kappa shape index (κ2) is 9.70. The van der Waals surface area contributed by atoms with E-state index in [1.54, 1.807) is 7.05 Å². The fourth-order valence-electron chi connectivity index (χ4n) is 2.83. The van der Waals surface area contributed by atoms with Crippen molar-refractivity contribution >= 4 is 11.9 Å². The highest BCUT2D eigenvalue weighted by Crippen LogP contribution is 2.21. The van der Waals surface area contributed by atoms with Gasteiger partial charge in [-0.25, -0.2) is 0 Å². The number of amides is 1. The van der Waals surface area contributed by atoms with Crippen LogP contribution in [-0.4, -0.2) is 37.5 Å². The smallest absolute Gasteiger partial charge is 0.239 e. The SMILES string of the molecule is CN=C(NCC(=O)NC(C)(C)C)NCC1CCCCCCC1. The summed E-state index contributed by atoms with van der Waals surface area (Å²) in [6.07, 6.45) is 9.42. The summed E-state index contributed by atoms with van der Waals surface area (Å²) in [5, 5.41) is 9.39. The molecule has 0 aromatic carbocycles. The molecule has 0 radical (unpaired) electrons. The van der Waals surface area contributed by atoms with Crippen LogP contribution in [0.1, 0.15) is 65.7 Å². The average molecular weight is 310 g/mol. The van der Waals surface area contributed by atoms with Gasteiger partial charge in [-0.15, -0.1) is 0 Å². The zero-order chi connectivity index (χ0) is 16.4. The van der Waals surface area contributed by atoms with Crippen molar-refractivity contribution in [1.29, 1.82) is 0 Å². The van der Waals surface area contributed by atoms with Gasteiger partial charge in [0.15, 0.2) is 5.96 Å². The van der Waals surface area contributed by atoms with E-state index in [2.05, 4.69) is 20.9 Å². The third-order valence-electron chi connectivity index (χ3n) is 3.94. The zero-order valence-electron chi connectivity index (χ0n) is 14.8. The number of rotatable bonds is 4. The molecule has 0 saturated heterocycles. The van der Waals surface area contributed by atoms with Crippen LogP contribution >= 0.6 is 0 Å². The van der Waals surface area contributed by atoms with E-state index in [0.29, 0.717) is 5.96 Å². The van der Waals surface area contributed by atoms with Crippen LogP contribution in [0.25, 0.3) is 0 Å². The molecular formula is C17H34N4O. The Kier molecular flexibility index (Phi) is 8.28. The standard InChI is InChI=1S/C17H34N4O/c1-17(2,3)21-15(22)13-20-16(18-4)19-12-14-10-8-6-5-7-9-11-14/h14H,5-13H2,1-4H3,(H,21,22)(H2,18,19,20). The van der Waals surface area contributed by atoms with Crippen molar-refractivity contribution in [3.8, 4) is 0 Å². The summed E-state index contributed by atoms with van der Waals surface area (Å²) in [7, 11) is 1.75. The Morgan fingerprint density at radius 2 is 1.64 bits per heavy atom. The molecule has 0 aromatic heterocycles. The fourth-order valence-corrected chi connectivity index (χ4v) is 2.83. The summed E-state index contributed by atoms with van der Waals surface area (Å²) in [6, 6.07) is 0. The van der Waals surface area contributed by atoms with Gasteiger partial charge in [0.25, 0.3) is 0 Å². The summed E-state index contributed by atoms with van der Waals surface area (Å²) < 4.78 is 0. The summed E-state index contributed by atoms with van der Waals surface area (Å²) in [5.41, 5.74) is -0.200. The molecule has 22 heavy (non-hydrogen) atoms. The summed E-state index contributed by atoms with van der Waals surface area (Å²) in [6.45, 7) is 7.13. The van der Waals surface area contributed by atoms with Gasteiger partial charge in [-0.1, -0.05) is 32.1 Å². The van der Waals surface area contributed by atoms with E-state index in [4.69, 9.17) is 0 Å². The van der Waals surface area contributed by atoms with Crippen molar-refractivity contribution in [2.24, 2.45) is 10.9 Å². The molecule has 0 heterocycles. The molecule has 1 aliphatic rings.